The molecule has 3 nitrogen and oxygen atoms in total. The molecule has 1 N–H and O–H groups in total. The number of nitrogens with one attached hydrogen (secondary N) is 1. The molecule has 1 atom stereocenters. The fourth-order valence-corrected chi connectivity index (χ4v) is 2.94. The quantitative estimate of drug-likeness (QED) is 0.647. The molecule has 0 saturated carbocycles. The third-order valence-corrected chi connectivity index (χ3v) is 4.05. The fourth-order valence-electron chi connectivity index (χ4n) is 2.65. The van der Waals surface area contributed by atoms with Gasteiger partial charge in [0.1, 0.15) is 23.9 Å². The summed E-state index contributed by atoms with van der Waals surface area (Å²) in [7, 11) is 0. The zero-order chi connectivity index (χ0) is 17.3. The van der Waals surface area contributed by atoms with Gasteiger partial charge in [0.2, 0.25) is 0 Å². The minimum atomic E-state index is -3.14. The van der Waals surface area contributed by atoms with E-state index in [1.165, 1.54) is 6.20 Å². The lowest BCUT2D eigenvalue weighted by Crippen LogP contribution is -2.11. The number of aromatic amines is 1. The zero-order valence-corrected chi connectivity index (χ0v) is 12.8. The molecule has 24 heavy (non-hydrogen) atoms. The standard InChI is InChI=1S/C16H11ClF4N2O/c17-14-11(19)3-4-12(24-16(20)21)13(14)9(6-18)10-7-23-15-8(10)2-1-5-22-15/h1-5,7,9,16H,6H2,(H,22,23)/t9-/m0/s1. The Labute approximate surface area is 139 Å². The largest absolute Gasteiger partial charge is 0.434 e. The molecule has 3 aromatic rings. The maximum Gasteiger partial charge on any atom is 0.387 e. The van der Waals surface area contributed by atoms with Crippen LogP contribution in [0.2, 0.25) is 5.02 Å². The lowest BCUT2D eigenvalue weighted by atomic mass is 9.91. The smallest absolute Gasteiger partial charge is 0.387 e. The van der Waals surface area contributed by atoms with E-state index in [1.807, 2.05) is 0 Å². The van der Waals surface area contributed by atoms with E-state index in [0.717, 1.165) is 12.1 Å². The van der Waals surface area contributed by atoms with Gasteiger partial charge in [-0.25, -0.2) is 9.37 Å². The molecule has 0 spiro atoms. The van der Waals surface area contributed by atoms with Gasteiger partial charge in [0.25, 0.3) is 0 Å². The first kappa shape index (κ1) is 16.6. The lowest BCUT2D eigenvalue weighted by molar-refractivity contribution is -0.0506. The average molecular weight is 359 g/mol. The number of ether oxygens (including phenoxy) is 1. The first-order chi connectivity index (χ1) is 11.5. The molecular formula is C16H11ClF4N2O. The van der Waals surface area contributed by atoms with E-state index in [2.05, 4.69) is 14.7 Å². The second-order valence-electron chi connectivity index (χ2n) is 5.00. The van der Waals surface area contributed by atoms with E-state index in [9.17, 15) is 17.6 Å². The number of pyridine rings is 1. The predicted octanol–water partition coefficient (Wildman–Crippen LogP) is 5.06. The van der Waals surface area contributed by atoms with Gasteiger partial charge in [0.15, 0.2) is 0 Å². The maximum absolute atomic E-state index is 13.8. The van der Waals surface area contributed by atoms with Crippen molar-refractivity contribution in [1.29, 1.82) is 0 Å². The van der Waals surface area contributed by atoms with Crippen LogP contribution >= 0.6 is 11.6 Å². The Bertz CT molecular complexity index is 868. The summed E-state index contributed by atoms with van der Waals surface area (Å²) >= 11 is 5.93. The number of hydrogen-bond donors (Lipinski definition) is 1. The Kier molecular flexibility index (Phi) is 4.62. The van der Waals surface area contributed by atoms with Gasteiger partial charge in [0, 0.05) is 29.3 Å². The van der Waals surface area contributed by atoms with Gasteiger partial charge in [-0.1, -0.05) is 11.6 Å². The van der Waals surface area contributed by atoms with Gasteiger partial charge in [-0.2, -0.15) is 8.78 Å². The molecule has 0 unspecified atom stereocenters. The molecule has 0 amide bonds. The number of H-pyrrole nitrogens is 1. The summed E-state index contributed by atoms with van der Waals surface area (Å²) in [5, 5.41) is 0.137. The number of aromatic nitrogens is 2. The summed E-state index contributed by atoms with van der Waals surface area (Å²) in [6.07, 6.45) is 3.04. The number of benzene rings is 1. The summed E-state index contributed by atoms with van der Waals surface area (Å²) in [6, 6.07) is 5.25. The topological polar surface area (TPSA) is 37.9 Å². The Morgan fingerprint density at radius 2 is 2.04 bits per heavy atom. The lowest BCUT2D eigenvalue weighted by Gasteiger charge is -2.19. The Balaban J connectivity index is 2.19. The molecule has 2 aromatic heterocycles. The normalized spacial score (nSPS) is 12.8. The number of fused-ring (bicyclic) bond motifs is 1. The molecule has 126 valence electrons. The van der Waals surface area contributed by atoms with E-state index in [4.69, 9.17) is 11.6 Å². The van der Waals surface area contributed by atoms with E-state index in [-0.39, 0.29) is 11.3 Å². The van der Waals surface area contributed by atoms with Crippen molar-refractivity contribution in [3.05, 3.63) is 58.6 Å². The van der Waals surface area contributed by atoms with Crippen LogP contribution in [0.3, 0.4) is 0 Å². The first-order valence-electron chi connectivity index (χ1n) is 6.93. The van der Waals surface area contributed by atoms with Crippen LogP contribution in [0.25, 0.3) is 11.0 Å². The van der Waals surface area contributed by atoms with Gasteiger partial charge in [-0.15, -0.1) is 0 Å². The number of nitrogens with zero attached hydrogens (tertiary/aromatic N) is 1. The van der Waals surface area contributed by atoms with Gasteiger partial charge in [-0.3, -0.25) is 4.39 Å². The highest BCUT2D eigenvalue weighted by Crippen LogP contribution is 2.41. The minimum Gasteiger partial charge on any atom is -0.434 e. The molecule has 3 rings (SSSR count). The molecule has 0 saturated heterocycles. The Hall–Kier alpha value is -2.28. The van der Waals surface area contributed by atoms with Crippen molar-refractivity contribution in [2.24, 2.45) is 0 Å². The van der Waals surface area contributed by atoms with Gasteiger partial charge < -0.3 is 9.72 Å². The van der Waals surface area contributed by atoms with Gasteiger partial charge in [-0.05, 0) is 29.8 Å². The number of alkyl halides is 3. The average Bonchev–Trinajstić information content (AvgIpc) is 2.98. The summed E-state index contributed by atoms with van der Waals surface area (Å²) in [5.41, 5.74) is 0.756. The van der Waals surface area contributed by atoms with E-state index < -0.39 is 30.0 Å². The number of hydrogen-bond acceptors (Lipinski definition) is 2. The molecule has 0 aliphatic carbocycles. The van der Waals surface area contributed by atoms with Crippen LogP contribution in [0.15, 0.2) is 36.7 Å². The molecule has 0 aliphatic heterocycles. The molecular weight excluding hydrogens is 348 g/mol. The Morgan fingerprint density at radius 1 is 1.25 bits per heavy atom. The summed E-state index contributed by atoms with van der Waals surface area (Å²) in [4.78, 5) is 6.95. The third kappa shape index (κ3) is 2.91. The zero-order valence-electron chi connectivity index (χ0n) is 12.1. The summed E-state index contributed by atoms with van der Waals surface area (Å²) in [5.74, 6) is -2.29. The van der Waals surface area contributed by atoms with Crippen LogP contribution in [0.4, 0.5) is 17.6 Å². The SMILES string of the molecule is FC[C@H](c1c(OC(F)F)ccc(F)c1Cl)c1c[nH]c2ncccc12. The molecule has 8 heteroatoms. The van der Waals surface area contributed by atoms with Gasteiger partial charge in [0.05, 0.1) is 5.02 Å². The molecule has 2 heterocycles. The highest BCUT2D eigenvalue weighted by atomic mass is 35.5. The van der Waals surface area contributed by atoms with Gasteiger partial charge >= 0.3 is 6.61 Å². The van der Waals surface area contributed by atoms with Crippen molar-refractivity contribution < 1.29 is 22.3 Å². The molecule has 0 radical (unpaired) electrons. The highest BCUT2D eigenvalue weighted by molar-refractivity contribution is 6.31. The summed E-state index contributed by atoms with van der Waals surface area (Å²) < 4.78 is 57.3. The van der Waals surface area contributed by atoms with Crippen LogP contribution in [0.1, 0.15) is 17.0 Å². The second kappa shape index (κ2) is 6.68. The first-order valence-corrected chi connectivity index (χ1v) is 7.31. The Morgan fingerprint density at radius 3 is 2.75 bits per heavy atom. The fraction of sp³-hybridized carbons (Fsp3) is 0.188. The van der Waals surface area contributed by atoms with Crippen molar-refractivity contribution >= 4 is 22.6 Å². The minimum absolute atomic E-state index is 0.163. The van der Waals surface area contributed by atoms with Crippen molar-refractivity contribution in [3.63, 3.8) is 0 Å². The highest BCUT2D eigenvalue weighted by Gasteiger charge is 2.27. The van der Waals surface area contributed by atoms with Crippen LogP contribution in [0.5, 0.6) is 5.75 Å². The van der Waals surface area contributed by atoms with Crippen molar-refractivity contribution in [1.82, 2.24) is 9.97 Å². The third-order valence-electron chi connectivity index (χ3n) is 3.67. The second-order valence-corrected chi connectivity index (χ2v) is 5.38. The van der Waals surface area contributed by atoms with Crippen LogP contribution in [0, 0.1) is 5.82 Å². The predicted molar refractivity (Wildman–Crippen MR) is 82.0 cm³/mol. The molecule has 1 aromatic carbocycles. The molecule has 0 fully saturated rings. The van der Waals surface area contributed by atoms with Crippen molar-refractivity contribution in [2.45, 2.75) is 12.5 Å². The van der Waals surface area contributed by atoms with E-state index in [1.54, 1.807) is 18.3 Å². The van der Waals surface area contributed by atoms with Crippen molar-refractivity contribution in [2.75, 3.05) is 6.67 Å². The van der Waals surface area contributed by atoms with Crippen LogP contribution in [-0.4, -0.2) is 23.3 Å². The maximum atomic E-state index is 13.8. The van der Waals surface area contributed by atoms with Crippen LogP contribution in [-0.2, 0) is 0 Å². The number of rotatable bonds is 5. The van der Waals surface area contributed by atoms with Crippen LogP contribution < -0.4 is 4.74 Å². The molecule has 0 bridgehead atoms. The monoisotopic (exact) mass is 358 g/mol. The van der Waals surface area contributed by atoms with E-state index >= 15 is 0 Å². The summed E-state index contributed by atoms with van der Waals surface area (Å²) in [6.45, 7) is -4.12. The van der Waals surface area contributed by atoms with Crippen molar-refractivity contribution in [3.8, 4) is 5.75 Å². The number of halogens is 5. The van der Waals surface area contributed by atoms with E-state index in [0.29, 0.717) is 16.6 Å². The molecule has 0 aliphatic rings.